The van der Waals surface area contributed by atoms with Gasteiger partial charge in [-0.3, -0.25) is 0 Å². The first-order chi connectivity index (χ1) is 7.01. The first-order valence-electron chi connectivity index (χ1n) is 6.77. The highest BCUT2D eigenvalue weighted by Crippen LogP contribution is 2.48. The van der Waals surface area contributed by atoms with E-state index in [0.29, 0.717) is 5.41 Å². The minimum atomic E-state index is 0.628. The van der Waals surface area contributed by atoms with Crippen molar-refractivity contribution in [3.8, 4) is 0 Å². The van der Waals surface area contributed by atoms with Gasteiger partial charge < -0.3 is 5.32 Å². The van der Waals surface area contributed by atoms with Crippen LogP contribution in [0.25, 0.3) is 0 Å². The Kier molecular flexibility index (Phi) is 3.12. The van der Waals surface area contributed by atoms with Gasteiger partial charge in [-0.1, -0.05) is 20.8 Å². The average Bonchev–Trinajstić information content (AvgIpc) is 2.90. The van der Waals surface area contributed by atoms with Crippen LogP contribution in [0.5, 0.6) is 0 Å². The maximum atomic E-state index is 3.89. The molecule has 2 rings (SSSR count). The van der Waals surface area contributed by atoms with Gasteiger partial charge >= 0.3 is 0 Å². The number of nitrogens with one attached hydrogen (secondary N) is 1. The minimum absolute atomic E-state index is 0.628. The lowest BCUT2D eigenvalue weighted by Crippen LogP contribution is -2.46. The third kappa shape index (κ3) is 2.55. The highest BCUT2D eigenvalue weighted by atomic mass is 15.0. The van der Waals surface area contributed by atoms with E-state index in [2.05, 4.69) is 33.0 Å². The topological polar surface area (TPSA) is 12.0 Å². The van der Waals surface area contributed by atoms with Crippen molar-refractivity contribution in [3.05, 3.63) is 0 Å². The summed E-state index contributed by atoms with van der Waals surface area (Å²) in [5.74, 6) is 1.82. The van der Waals surface area contributed by atoms with Gasteiger partial charge in [0.25, 0.3) is 0 Å². The van der Waals surface area contributed by atoms with Crippen LogP contribution in [0.2, 0.25) is 0 Å². The molecule has 4 atom stereocenters. The maximum absolute atomic E-state index is 3.89. The number of rotatable bonds is 3. The Bertz CT molecular complexity index is 219. The van der Waals surface area contributed by atoms with Gasteiger partial charge in [0.05, 0.1) is 0 Å². The molecule has 2 saturated carbocycles. The van der Waals surface area contributed by atoms with Crippen molar-refractivity contribution < 1.29 is 0 Å². The fraction of sp³-hybridized carbons (Fsp3) is 1.00. The standard InChI is InChI=1S/C14H27N/c1-10-5-6-13(11(2)9-10)15-12(3)14(4)7-8-14/h10-13,15H,5-9H2,1-4H3. The lowest BCUT2D eigenvalue weighted by atomic mass is 9.79. The molecule has 2 aliphatic carbocycles. The second kappa shape index (κ2) is 4.08. The molecular weight excluding hydrogens is 182 g/mol. The summed E-state index contributed by atoms with van der Waals surface area (Å²) < 4.78 is 0. The van der Waals surface area contributed by atoms with E-state index >= 15 is 0 Å². The van der Waals surface area contributed by atoms with Crippen molar-refractivity contribution in [2.24, 2.45) is 17.3 Å². The summed E-state index contributed by atoms with van der Waals surface area (Å²) in [4.78, 5) is 0. The summed E-state index contributed by atoms with van der Waals surface area (Å²) in [5.41, 5.74) is 0.628. The fourth-order valence-electron chi connectivity index (χ4n) is 3.07. The molecule has 0 aromatic carbocycles. The first kappa shape index (κ1) is 11.4. The monoisotopic (exact) mass is 209 g/mol. The molecule has 1 N–H and O–H groups in total. The Balaban J connectivity index is 1.83. The van der Waals surface area contributed by atoms with Crippen molar-refractivity contribution in [3.63, 3.8) is 0 Å². The molecule has 88 valence electrons. The lowest BCUT2D eigenvalue weighted by Gasteiger charge is -2.36. The van der Waals surface area contributed by atoms with Gasteiger partial charge in [-0.25, -0.2) is 0 Å². The molecule has 0 aliphatic heterocycles. The average molecular weight is 209 g/mol. The van der Waals surface area contributed by atoms with Crippen molar-refractivity contribution >= 4 is 0 Å². The Morgan fingerprint density at radius 2 is 1.87 bits per heavy atom. The van der Waals surface area contributed by atoms with Crippen molar-refractivity contribution in [1.29, 1.82) is 0 Å². The van der Waals surface area contributed by atoms with E-state index in [1.54, 1.807) is 0 Å². The van der Waals surface area contributed by atoms with Crippen molar-refractivity contribution in [2.45, 2.75) is 71.9 Å². The third-order valence-electron chi connectivity index (χ3n) is 4.98. The quantitative estimate of drug-likeness (QED) is 0.749. The van der Waals surface area contributed by atoms with Crippen LogP contribution in [-0.4, -0.2) is 12.1 Å². The summed E-state index contributed by atoms with van der Waals surface area (Å²) >= 11 is 0. The third-order valence-corrected chi connectivity index (χ3v) is 4.98. The Hall–Kier alpha value is -0.0400. The molecular formula is C14H27N. The lowest BCUT2D eigenvalue weighted by molar-refractivity contribution is 0.197. The second-order valence-corrected chi connectivity index (χ2v) is 6.54. The maximum Gasteiger partial charge on any atom is 0.00955 e. The molecule has 0 bridgehead atoms. The molecule has 0 aromatic heterocycles. The second-order valence-electron chi connectivity index (χ2n) is 6.54. The fourth-order valence-corrected chi connectivity index (χ4v) is 3.07. The van der Waals surface area contributed by atoms with Crippen LogP contribution in [0, 0.1) is 17.3 Å². The van der Waals surface area contributed by atoms with Crippen LogP contribution in [-0.2, 0) is 0 Å². The van der Waals surface area contributed by atoms with Gasteiger partial charge in [0, 0.05) is 12.1 Å². The van der Waals surface area contributed by atoms with Crippen LogP contribution >= 0.6 is 0 Å². The van der Waals surface area contributed by atoms with E-state index in [1.807, 2.05) is 0 Å². The smallest absolute Gasteiger partial charge is 0.00955 e. The minimum Gasteiger partial charge on any atom is -0.311 e. The van der Waals surface area contributed by atoms with Crippen LogP contribution in [0.1, 0.15) is 59.8 Å². The Morgan fingerprint density at radius 3 is 2.40 bits per heavy atom. The summed E-state index contributed by atoms with van der Waals surface area (Å²) in [6.07, 6.45) is 7.09. The van der Waals surface area contributed by atoms with Crippen LogP contribution in [0.4, 0.5) is 0 Å². The first-order valence-corrected chi connectivity index (χ1v) is 6.77. The van der Waals surface area contributed by atoms with Crippen LogP contribution in [0.15, 0.2) is 0 Å². The molecule has 0 spiro atoms. The van der Waals surface area contributed by atoms with Gasteiger partial charge in [-0.05, 0) is 56.3 Å². The zero-order valence-corrected chi connectivity index (χ0v) is 10.8. The highest BCUT2D eigenvalue weighted by Gasteiger charge is 2.43. The molecule has 1 nitrogen and oxygen atoms in total. The molecule has 0 heterocycles. The van der Waals surface area contributed by atoms with E-state index in [4.69, 9.17) is 0 Å². The van der Waals surface area contributed by atoms with Gasteiger partial charge in [-0.2, -0.15) is 0 Å². The largest absolute Gasteiger partial charge is 0.311 e. The van der Waals surface area contributed by atoms with Gasteiger partial charge in [0.15, 0.2) is 0 Å². The molecule has 2 aliphatic rings. The zero-order chi connectivity index (χ0) is 11.1. The normalized spacial score (nSPS) is 41.2. The van der Waals surface area contributed by atoms with Gasteiger partial charge in [0.1, 0.15) is 0 Å². The van der Waals surface area contributed by atoms with E-state index in [9.17, 15) is 0 Å². The number of hydrogen-bond donors (Lipinski definition) is 1. The van der Waals surface area contributed by atoms with Crippen LogP contribution in [0.3, 0.4) is 0 Å². The predicted octanol–water partition coefficient (Wildman–Crippen LogP) is 3.59. The van der Waals surface area contributed by atoms with Crippen molar-refractivity contribution in [2.75, 3.05) is 0 Å². The molecule has 0 amide bonds. The predicted molar refractivity (Wildman–Crippen MR) is 65.9 cm³/mol. The molecule has 0 saturated heterocycles. The van der Waals surface area contributed by atoms with E-state index < -0.39 is 0 Å². The zero-order valence-electron chi connectivity index (χ0n) is 10.8. The molecule has 15 heavy (non-hydrogen) atoms. The van der Waals surface area contributed by atoms with E-state index in [-0.39, 0.29) is 0 Å². The van der Waals surface area contributed by atoms with Gasteiger partial charge in [0.2, 0.25) is 0 Å². The van der Waals surface area contributed by atoms with E-state index in [0.717, 1.165) is 23.9 Å². The highest BCUT2D eigenvalue weighted by molar-refractivity contribution is 4.98. The summed E-state index contributed by atoms with van der Waals surface area (Å²) in [5, 5.41) is 3.89. The molecule has 0 aromatic rings. The van der Waals surface area contributed by atoms with E-state index in [1.165, 1.54) is 32.1 Å². The van der Waals surface area contributed by atoms with Gasteiger partial charge in [-0.15, -0.1) is 0 Å². The summed E-state index contributed by atoms with van der Waals surface area (Å²) in [7, 11) is 0. The summed E-state index contributed by atoms with van der Waals surface area (Å²) in [6, 6.07) is 1.51. The molecule has 0 radical (unpaired) electrons. The van der Waals surface area contributed by atoms with Crippen LogP contribution < -0.4 is 5.32 Å². The Morgan fingerprint density at radius 1 is 1.20 bits per heavy atom. The Labute approximate surface area is 95.0 Å². The SMILES string of the molecule is CC1CCC(NC(C)C2(C)CC2)C(C)C1. The molecule has 1 heteroatoms. The molecule has 4 unspecified atom stereocenters. The summed E-state index contributed by atoms with van der Waals surface area (Å²) in [6.45, 7) is 9.65. The molecule has 2 fully saturated rings. The van der Waals surface area contributed by atoms with Crippen molar-refractivity contribution in [1.82, 2.24) is 5.32 Å². The number of hydrogen-bond acceptors (Lipinski definition) is 1.